The van der Waals surface area contributed by atoms with E-state index in [-0.39, 0.29) is 34.4 Å². The molecule has 1 N–H and O–H groups in total. The Balaban J connectivity index is 1.61. The maximum atomic E-state index is 13.0. The molecule has 3 rings (SSSR count). The summed E-state index contributed by atoms with van der Waals surface area (Å²) in [7, 11) is 0. The molecule has 1 aromatic carbocycles. The Morgan fingerprint density at radius 3 is 2.54 bits per heavy atom. The Labute approximate surface area is 157 Å². The summed E-state index contributed by atoms with van der Waals surface area (Å²) >= 11 is 6.15. The molecular weight excluding hydrogens is 355 g/mol. The number of anilines is 1. The van der Waals surface area contributed by atoms with Crippen molar-refractivity contribution in [1.29, 1.82) is 0 Å². The SMILES string of the molecule is CC(C)c1ncc(Cl)c(C(=O)N2CCC(Nc3ccc(F)cc3)CC2)n1. The number of halogens is 2. The van der Waals surface area contributed by atoms with Crippen LogP contribution < -0.4 is 5.32 Å². The quantitative estimate of drug-likeness (QED) is 0.872. The summed E-state index contributed by atoms with van der Waals surface area (Å²) in [6, 6.07) is 6.56. The number of aromatic nitrogens is 2. The predicted molar refractivity (Wildman–Crippen MR) is 100 cm³/mol. The van der Waals surface area contributed by atoms with Gasteiger partial charge < -0.3 is 10.2 Å². The number of rotatable bonds is 4. The highest BCUT2D eigenvalue weighted by Crippen LogP contribution is 2.22. The van der Waals surface area contributed by atoms with Crippen LogP contribution in [0.2, 0.25) is 5.02 Å². The van der Waals surface area contributed by atoms with Gasteiger partial charge in [-0.1, -0.05) is 25.4 Å². The highest BCUT2D eigenvalue weighted by atomic mass is 35.5. The lowest BCUT2D eigenvalue weighted by atomic mass is 10.0. The number of carbonyl (C=O) groups is 1. The molecule has 2 heterocycles. The Bertz CT molecular complexity index is 774. The van der Waals surface area contributed by atoms with Gasteiger partial charge >= 0.3 is 0 Å². The number of hydrogen-bond donors (Lipinski definition) is 1. The van der Waals surface area contributed by atoms with Crippen LogP contribution in [-0.4, -0.2) is 39.9 Å². The van der Waals surface area contributed by atoms with E-state index in [4.69, 9.17) is 11.6 Å². The average Bonchev–Trinajstić information content (AvgIpc) is 2.64. The molecule has 138 valence electrons. The Morgan fingerprint density at radius 1 is 1.27 bits per heavy atom. The maximum Gasteiger partial charge on any atom is 0.274 e. The third-order valence-corrected chi connectivity index (χ3v) is 4.76. The van der Waals surface area contributed by atoms with Gasteiger partial charge in [0.1, 0.15) is 11.6 Å². The maximum absolute atomic E-state index is 13.0. The molecule has 0 unspecified atom stereocenters. The fourth-order valence-electron chi connectivity index (χ4n) is 2.97. The molecular formula is C19H22ClFN4O. The van der Waals surface area contributed by atoms with Crippen LogP contribution in [0.3, 0.4) is 0 Å². The first-order valence-electron chi connectivity index (χ1n) is 8.78. The molecule has 0 saturated carbocycles. The van der Waals surface area contributed by atoms with Crippen molar-refractivity contribution in [2.24, 2.45) is 0 Å². The van der Waals surface area contributed by atoms with E-state index < -0.39 is 0 Å². The smallest absolute Gasteiger partial charge is 0.274 e. The number of hydrogen-bond acceptors (Lipinski definition) is 4. The molecule has 1 aliphatic rings. The first kappa shape index (κ1) is 18.6. The molecule has 0 spiro atoms. The van der Waals surface area contributed by atoms with Crippen molar-refractivity contribution in [2.75, 3.05) is 18.4 Å². The Hall–Kier alpha value is -2.21. The van der Waals surface area contributed by atoms with Gasteiger partial charge in [0.2, 0.25) is 0 Å². The number of nitrogens with one attached hydrogen (secondary N) is 1. The monoisotopic (exact) mass is 376 g/mol. The van der Waals surface area contributed by atoms with Crippen LogP contribution in [0.5, 0.6) is 0 Å². The molecule has 0 aliphatic carbocycles. The minimum Gasteiger partial charge on any atom is -0.382 e. The summed E-state index contributed by atoms with van der Waals surface area (Å²) in [5.41, 5.74) is 1.16. The molecule has 0 atom stereocenters. The van der Waals surface area contributed by atoms with Gasteiger partial charge in [-0.05, 0) is 37.1 Å². The van der Waals surface area contributed by atoms with Crippen LogP contribution in [0.4, 0.5) is 10.1 Å². The molecule has 1 amide bonds. The van der Waals surface area contributed by atoms with Crippen molar-refractivity contribution in [2.45, 2.75) is 38.6 Å². The number of amides is 1. The third kappa shape index (κ3) is 4.30. The van der Waals surface area contributed by atoms with E-state index in [0.717, 1.165) is 18.5 Å². The van der Waals surface area contributed by atoms with Gasteiger partial charge in [-0.3, -0.25) is 4.79 Å². The van der Waals surface area contributed by atoms with E-state index in [9.17, 15) is 9.18 Å². The van der Waals surface area contributed by atoms with Crippen molar-refractivity contribution in [3.8, 4) is 0 Å². The zero-order valence-electron chi connectivity index (χ0n) is 14.9. The Morgan fingerprint density at radius 2 is 1.92 bits per heavy atom. The summed E-state index contributed by atoms with van der Waals surface area (Å²) in [6.45, 7) is 5.19. The molecule has 1 aromatic heterocycles. The molecule has 0 bridgehead atoms. The lowest BCUT2D eigenvalue weighted by Gasteiger charge is -2.33. The molecule has 0 radical (unpaired) electrons. The number of benzene rings is 1. The fourth-order valence-corrected chi connectivity index (χ4v) is 3.14. The van der Waals surface area contributed by atoms with Crippen molar-refractivity contribution in [3.05, 3.63) is 52.8 Å². The van der Waals surface area contributed by atoms with E-state index in [1.165, 1.54) is 18.3 Å². The molecule has 2 aromatic rings. The van der Waals surface area contributed by atoms with Gasteiger partial charge in [0.25, 0.3) is 5.91 Å². The lowest BCUT2D eigenvalue weighted by molar-refractivity contribution is 0.0712. The van der Waals surface area contributed by atoms with Gasteiger partial charge in [-0.2, -0.15) is 0 Å². The highest BCUT2D eigenvalue weighted by molar-refractivity contribution is 6.33. The van der Waals surface area contributed by atoms with E-state index in [1.54, 1.807) is 17.0 Å². The van der Waals surface area contributed by atoms with E-state index in [0.29, 0.717) is 18.9 Å². The van der Waals surface area contributed by atoms with Gasteiger partial charge in [-0.15, -0.1) is 0 Å². The second-order valence-corrected chi connectivity index (χ2v) is 7.20. The zero-order chi connectivity index (χ0) is 18.7. The normalized spacial score (nSPS) is 15.3. The van der Waals surface area contributed by atoms with Gasteiger partial charge in [0.15, 0.2) is 5.69 Å². The van der Waals surface area contributed by atoms with Gasteiger partial charge in [0.05, 0.1) is 11.2 Å². The molecule has 1 saturated heterocycles. The number of nitrogens with zero attached hydrogens (tertiary/aromatic N) is 3. The summed E-state index contributed by atoms with van der Waals surface area (Å²) in [4.78, 5) is 23.1. The topological polar surface area (TPSA) is 58.1 Å². The number of carbonyl (C=O) groups excluding carboxylic acids is 1. The number of piperidine rings is 1. The van der Waals surface area contributed by atoms with Crippen molar-refractivity contribution >= 4 is 23.2 Å². The van der Waals surface area contributed by atoms with Crippen molar-refractivity contribution in [3.63, 3.8) is 0 Å². The van der Waals surface area contributed by atoms with E-state index in [2.05, 4.69) is 15.3 Å². The van der Waals surface area contributed by atoms with E-state index >= 15 is 0 Å². The van der Waals surface area contributed by atoms with Crippen LogP contribution >= 0.6 is 11.6 Å². The fraction of sp³-hybridized carbons (Fsp3) is 0.421. The first-order valence-corrected chi connectivity index (χ1v) is 9.15. The minimum absolute atomic E-state index is 0.129. The van der Waals surface area contributed by atoms with Crippen LogP contribution in [0.25, 0.3) is 0 Å². The largest absolute Gasteiger partial charge is 0.382 e. The summed E-state index contributed by atoms with van der Waals surface area (Å²) in [5, 5.41) is 3.67. The van der Waals surface area contributed by atoms with Gasteiger partial charge in [0, 0.05) is 30.7 Å². The molecule has 7 heteroatoms. The average molecular weight is 377 g/mol. The van der Waals surface area contributed by atoms with Crippen molar-refractivity contribution in [1.82, 2.24) is 14.9 Å². The molecule has 1 fully saturated rings. The molecule has 5 nitrogen and oxygen atoms in total. The van der Waals surface area contributed by atoms with E-state index in [1.807, 2.05) is 13.8 Å². The molecule has 1 aliphatic heterocycles. The lowest BCUT2D eigenvalue weighted by Crippen LogP contribution is -2.42. The number of likely N-dealkylation sites (tertiary alicyclic amines) is 1. The van der Waals surface area contributed by atoms with Crippen LogP contribution in [0, 0.1) is 5.82 Å². The second-order valence-electron chi connectivity index (χ2n) is 6.80. The summed E-state index contributed by atoms with van der Waals surface area (Å²) < 4.78 is 13.0. The van der Waals surface area contributed by atoms with Crippen molar-refractivity contribution < 1.29 is 9.18 Å². The summed E-state index contributed by atoms with van der Waals surface area (Å²) in [5.74, 6) is 0.341. The van der Waals surface area contributed by atoms with Gasteiger partial charge in [-0.25, -0.2) is 14.4 Å². The zero-order valence-corrected chi connectivity index (χ0v) is 15.6. The highest BCUT2D eigenvalue weighted by Gasteiger charge is 2.26. The standard InChI is InChI=1S/C19H22ClFN4O/c1-12(2)18-22-11-16(20)17(24-18)19(26)25-9-7-15(8-10-25)23-14-5-3-13(21)4-6-14/h3-6,11-12,15,23H,7-10H2,1-2H3. The second kappa shape index (κ2) is 7.99. The van der Waals surface area contributed by atoms with Crippen LogP contribution in [0.1, 0.15) is 48.9 Å². The Kier molecular flexibility index (Phi) is 5.71. The van der Waals surface area contributed by atoms with Crippen LogP contribution in [0.15, 0.2) is 30.5 Å². The predicted octanol–water partition coefficient (Wildman–Crippen LogP) is 4.11. The summed E-state index contributed by atoms with van der Waals surface area (Å²) in [6.07, 6.45) is 3.12. The van der Waals surface area contributed by atoms with Crippen LogP contribution in [-0.2, 0) is 0 Å². The first-order chi connectivity index (χ1) is 12.4. The molecule has 26 heavy (non-hydrogen) atoms. The minimum atomic E-state index is -0.251. The third-order valence-electron chi connectivity index (χ3n) is 4.48.